The summed E-state index contributed by atoms with van der Waals surface area (Å²) in [5.74, 6) is 0.304. The van der Waals surface area contributed by atoms with Crippen LogP contribution < -0.4 is 9.67 Å². The van der Waals surface area contributed by atoms with Crippen LogP contribution in [0.3, 0.4) is 0 Å². The average Bonchev–Trinajstić information content (AvgIpc) is 3.25. The molecule has 0 amide bonds. The van der Waals surface area contributed by atoms with Gasteiger partial charge in [0.2, 0.25) is 5.69 Å². The Bertz CT molecular complexity index is 929. The molecule has 118 valence electrons. The maximum atomic E-state index is 12.6. The predicted octanol–water partition coefficient (Wildman–Crippen LogP) is 4.08. The molecule has 0 unspecified atom stereocenters. The monoisotopic (exact) mass is 333 g/mol. The normalized spacial score (nSPS) is 10.8. The van der Waals surface area contributed by atoms with Crippen LogP contribution in [0.5, 0.6) is 5.95 Å². The minimum Gasteiger partial charge on any atom is -0.540 e. The number of hydrogen-bond acceptors (Lipinski definition) is 3. The lowest BCUT2D eigenvalue weighted by atomic mass is 10.1. The Labute approximate surface area is 144 Å². The Morgan fingerprint density at radius 1 is 0.875 bits per heavy atom. The van der Waals surface area contributed by atoms with E-state index in [1.165, 1.54) is 0 Å². The maximum absolute atomic E-state index is 12.6. The second-order valence-corrected chi connectivity index (χ2v) is 6.41. The topological polar surface area (TPSA) is 40.1 Å². The Hall–Kier alpha value is -2.85. The van der Waals surface area contributed by atoms with Crippen molar-refractivity contribution in [1.29, 1.82) is 0 Å². The molecule has 4 rings (SSSR count). The molecule has 0 fully saturated rings. The predicted molar refractivity (Wildman–Crippen MR) is 92.6 cm³/mol. The molecule has 0 radical (unpaired) electrons. The van der Waals surface area contributed by atoms with Gasteiger partial charge in [-0.05, 0) is 23.6 Å². The Morgan fingerprint density at radius 2 is 1.58 bits per heavy atom. The van der Waals surface area contributed by atoms with Crippen molar-refractivity contribution >= 4 is 11.3 Å². The molecule has 0 saturated carbocycles. The first-order chi connectivity index (χ1) is 11.8. The zero-order valence-electron chi connectivity index (χ0n) is 12.9. The van der Waals surface area contributed by atoms with Gasteiger partial charge in [-0.1, -0.05) is 54.6 Å². The number of oxazole rings is 1. The number of aromatic nitrogens is 1. The van der Waals surface area contributed by atoms with E-state index < -0.39 is 0 Å². The Balaban J connectivity index is 1.90. The first kappa shape index (κ1) is 14.7. The molecule has 3 nitrogen and oxygen atoms in total. The van der Waals surface area contributed by atoms with Crippen LogP contribution in [0.15, 0.2) is 82.6 Å². The lowest BCUT2D eigenvalue weighted by Crippen LogP contribution is -2.37. The van der Waals surface area contributed by atoms with E-state index in [1.54, 1.807) is 11.3 Å². The van der Waals surface area contributed by atoms with Crippen LogP contribution >= 0.6 is 11.3 Å². The summed E-state index contributed by atoms with van der Waals surface area (Å²) in [6.45, 7) is 0.587. The van der Waals surface area contributed by atoms with Crippen LogP contribution in [0, 0.1) is 0 Å². The van der Waals surface area contributed by atoms with E-state index in [2.05, 4.69) is 12.1 Å². The van der Waals surface area contributed by atoms with Crippen LogP contribution in [-0.4, -0.2) is 0 Å². The lowest BCUT2D eigenvalue weighted by molar-refractivity contribution is -0.669. The zero-order valence-corrected chi connectivity index (χ0v) is 13.7. The standard InChI is InChI=1S/C20H15NO2S/c22-20-18(16-10-5-2-6-11-16)21(14-15-8-3-1-4-9-15)19(23-20)17-12-7-13-24-17/h1-13H,14H2. The smallest absolute Gasteiger partial charge is 0.280 e. The van der Waals surface area contributed by atoms with Crippen LogP contribution in [0.1, 0.15) is 5.56 Å². The van der Waals surface area contributed by atoms with Crippen molar-refractivity contribution < 1.29 is 14.1 Å². The molecule has 0 aliphatic carbocycles. The number of nitrogens with zero attached hydrogens (tertiary/aromatic N) is 1. The molecule has 0 N–H and O–H groups in total. The molecule has 2 aromatic heterocycles. The average molecular weight is 333 g/mol. The van der Waals surface area contributed by atoms with E-state index in [9.17, 15) is 5.11 Å². The molecule has 0 aliphatic heterocycles. The molecule has 2 heterocycles. The number of thiophene rings is 1. The van der Waals surface area contributed by atoms with Crippen LogP contribution in [0.25, 0.3) is 22.0 Å². The summed E-state index contributed by atoms with van der Waals surface area (Å²) in [7, 11) is 0. The molecule has 0 spiro atoms. The quantitative estimate of drug-likeness (QED) is 0.528. The largest absolute Gasteiger partial charge is 0.540 e. The summed E-state index contributed by atoms with van der Waals surface area (Å²) in [6, 6.07) is 23.7. The number of benzene rings is 2. The van der Waals surface area contributed by atoms with Crippen LogP contribution in [-0.2, 0) is 6.54 Å². The minimum atomic E-state index is -0.305. The van der Waals surface area contributed by atoms with Gasteiger partial charge in [-0.3, -0.25) is 0 Å². The first-order valence-electron chi connectivity index (χ1n) is 7.70. The molecule has 4 aromatic rings. The molecule has 0 bridgehead atoms. The highest BCUT2D eigenvalue weighted by molar-refractivity contribution is 7.13. The summed E-state index contributed by atoms with van der Waals surface area (Å²) in [5, 5.41) is 14.5. The van der Waals surface area contributed by atoms with Gasteiger partial charge in [0.25, 0.3) is 5.89 Å². The van der Waals surface area contributed by atoms with Gasteiger partial charge >= 0.3 is 0 Å². The van der Waals surface area contributed by atoms with Gasteiger partial charge in [-0.2, -0.15) is 4.57 Å². The Morgan fingerprint density at radius 3 is 2.25 bits per heavy atom. The third-order valence-corrected chi connectivity index (χ3v) is 4.72. The molecule has 4 heteroatoms. The SMILES string of the molecule is [O-]c1oc(-c2cccs2)[n+](Cc2ccccc2)c1-c1ccccc1. The van der Waals surface area contributed by atoms with Crippen molar-refractivity contribution in [1.82, 2.24) is 0 Å². The van der Waals surface area contributed by atoms with Crippen molar-refractivity contribution in [3.05, 3.63) is 83.7 Å². The molecule has 0 saturated heterocycles. The van der Waals surface area contributed by atoms with Crippen molar-refractivity contribution in [3.8, 4) is 28.0 Å². The van der Waals surface area contributed by atoms with E-state index in [0.717, 1.165) is 16.0 Å². The van der Waals surface area contributed by atoms with Gasteiger partial charge < -0.3 is 9.52 Å². The van der Waals surface area contributed by atoms with E-state index in [0.29, 0.717) is 18.1 Å². The summed E-state index contributed by atoms with van der Waals surface area (Å²) in [5.41, 5.74) is 2.58. The van der Waals surface area contributed by atoms with Crippen molar-refractivity contribution in [2.45, 2.75) is 6.54 Å². The molecular formula is C20H15NO2S. The highest BCUT2D eigenvalue weighted by Crippen LogP contribution is 2.32. The van der Waals surface area contributed by atoms with Crippen LogP contribution in [0.2, 0.25) is 0 Å². The van der Waals surface area contributed by atoms with Gasteiger partial charge in [0.05, 0.1) is 0 Å². The fourth-order valence-electron chi connectivity index (χ4n) is 2.77. The van der Waals surface area contributed by atoms with Crippen molar-refractivity contribution in [2.75, 3.05) is 0 Å². The summed E-state index contributed by atoms with van der Waals surface area (Å²) >= 11 is 1.56. The van der Waals surface area contributed by atoms with Gasteiger partial charge in [0.15, 0.2) is 6.54 Å². The lowest BCUT2D eigenvalue weighted by Gasteiger charge is -2.03. The third-order valence-electron chi connectivity index (χ3n) is 3.86. The van der Waals surface area contributed by atoms with Gasteiger partial charge in [-0.25, -0.2) is 0 Å². The van der Waals surface area contributed by atoms with E-state index in [-0.39, 0.29) is 5.95 Å². The fourth-order valence-corrected chi connectivity index (χ4v) is 3.49. The molecule has 0 atom stereocenters. The Kier molecular flexibility index (Phi) is 3.89. The van der Waals surface area contributed by atoms with Crippen molar-refractivity contribution in [2.24, 2.45) is 0 Å². The second kappa shape index (κ2) is 6.34. The van der Waals surface area contributed by atoms with E-state index >= 15 is 0 Å². The summed E-state index contributed by atoms with van der Waals surface area (Å²) < 4.78 is 7.61. The summed E-state index contributed by atoms with van der Waals surface area (Å²) in [6.07, 6.45) is 0. The fraction of sp³-hybridized carbons (Fsp3) is 0.0500. The van der Waals surface area contributed by atoms with Gasteiger partial charge in [-0.15, -0.1) is 11.3 Å². The minimum absolute atomic E-state index is 0.305. The zero-order chi connectivity index (χ0) is 16.4. The molecule has 2 aromatic carbocycles. The maximum Gasteiger partial charge on any atom is 0.280 e. The molecular weight excluding hydrogens is 318 g/mol. The molecule has 24 heavy (non-hydrogen) atoms. The van der Waals surface area contributed by atoms with E-state index in [1.807, 2.05) is 70.6 Å². The number of rotatable bonds is 4. The molecule has 0 aliphatic rings. The third kappa shape index (κ3) is 2.72. The van der Waals surface area contributed by atoms with Crippen molar-refractivity contribution in [3.63, 3.8) is 0 Å². The second-order valence-electron chi connectivity index (χ2n) is 5.46. The van der Waals surface area contributed by atoms with Gasteiger partial charge in [0, 0.05) is 11.1 Å². The van der Waals surface area contributed by atoms with Crippen LogP contribution in [0.4, 0.5) is 0 Å². The van der Waals surface area contributed by atoms with E-state index in [4.69, 9.17) is 4.42 Å². The summed E-state index contributed by atoms with van der Waals surface area (Å²) in [4.78, 5) is 0.949. The highest BCUT2D eigenvalue weighted by Gasteiger charge is 2.25. The highest BCUT2D eigenvalue weighted by atomic mass is 32.1. The number of hydrogen-bond donors (Lipinski definition) is 0. The van der Waals surface area contributed by atoms with Gasteiger partial charge in [0.1, 0.15) is 10.8 Å². The first-order valence-corrected chi connectivity index (χ1v) is 8.58.